The van der Waals surface area contributed by atoms with Crippen LogP contribution in [0.15, 0.2) is 100 Å². The van der Waals surface area contributed by atoms with E-state index in [0.717, 1.165) is 16.8 Å². The zero-order chi connectivity index (χ0) is 23.8. The molecule has 1 N–H and O–H groups in total. The number of hydrogen-bond donors (Lipinski definition) is 1. The molecule has 0 aliphatic heterocycles. The van der Waals surface area contributed by atoms with Gasteiger partial charge in [0.2, 0.25) is 0 Å². The largest absolute Gasteiger partial charge is 0.272 e. The number of para-hydroxylation sites is 1. The van der Waals surface area contributed by atoms with Crippen LogP contribution in [0, 0.1) is 6.92 Å². The third-order valence-electron chi connectivity index (χ3n) is 4.77. The molecule has 0 saturated carbocycles. The Morgan fingerprint density at radius 3 is 2.38 bits per heavy atom. The van der Waals surface area contributed by atoms with Crippen LogP contribution in [0.3, 0.4) is 0 Å². The number of nitrogens with one attached hydrogen (secondary N) is 1. The molecule has 0 fully saturated rings. The Labute approximate surface area is 207 Å². The van der Waals surface area contributed by atoms with E-state index < -0.39 is 0 Å². The number of halogens is 1. The number of nitrogens with zero attached hydrogens (tertiary/aromatic N) is 4. The Kier molecular flexibility index (Phi) is 7.91. The monoisotopic (exact) mass is 487 g/mol. The third kappa shape index (κ3) is 6.21. The van der Waals surface area contributed by atoms with Crippen LogP contribution in [-0.4, -0.2) is 32.6 Å². The van der Waals surface area contributed by atoms with Crippen molar-refractivity contribution >= 4 is 41.6 Å². The number of aryl methyl sites for hydroxylation is 1. The molecule has 1 heterocycles. The second-order valence-corrected chi connectivity index (χ2v) is 8.74. The van der Waals surface area contributed by atoms with E-state index in [1.165, 1.54) is 23.5 Å². The van der Waals surface area contributed by atoms with E-state index in [4.69, 9.17) is 11.6 Å². The number of allylic oxidation sites excluding steroid dienone is 1. The van der Waals surface area contributed by atoms with Crippen molar-refractivity contribution in [3.8, 4) is 17.1 Å². The van der Waals surface area contributed by atoms with Crippen LogP contribution in [-0.2, 0) is 4.79 Å². The summed E-state index contributed by atoms with van der Waals surface area (Å²) in [6, 6.07) is 27.6. The van der Waals surface area contributed by atoms with Crippen molar-refractivity contribution in [3.05, 3.63) is 101 Å². The first-order chi connectivity index (χ1) is 16.6. The van der Waals surface area contributed by atoms with Gasteiger partial charge in [-0.25, -0.2) is 5.43 Å². The van der Waals surface area contributed by atoms with Gasteiger partial charge in [-0.2, -0.15) is 5.10 Å². The number of thioether (sulfide) groups is 1. The molecule has 6 nitrogen and oxygen atoms in total. The SMILES string of the molecule is Cc1ccc(-c2nnc(SCC(=O)N/N=C\C(Cl)=C\c3ccccc3)n2-c2ccccc2)cc1. The molecule has 0 bridgehead atoms. The summed E-state index contributed by atoms with van der Waals surface area (Å²) < 4.78 is 1.95. The molecular weight excluding hydrogens is 466 g/mol. The van der Waals surface area contributed by atoms with Gasteiger partial charge < -0.3 is 0 Å². The minimum absolute atomic E-state index is 0.121. The van der Waals surface area contributed by atoms with Crippen molar-refractivity contribution in [1.29, 1.82) is 0 Å². The molecule has 0 aliphatic carbocycles. The minimum Gasteiger partial charge on any atom is -0.272 e. The Balaban J connectivity index is 1.45. The van der Waals surface area contributed by atoms with Gasteiger partial charge in [0.15, 0.2) is 11.0 Å². The van der Waals surface area contributed by atoms with Gasteiger partial charge in [0.1, 0.15) is 0 Å². The molecular formula is C26H22ClN5OS. The van der Waals surface area contributed by atoms with Crippen molar-refractivity contribution in [2.75, 3.05) is 5.75 Å². The zero-order valence-corrected chi connectivity index (χ0v) is 20.0. The lowest BCUT2D eigenvalue weighted by molar-refractivity contribution is -0.118. The topological polar surface area (TPSA) is 72.2 Å². The van der Waals surface area contributed by atoms with Gasteiger partial charge >= 0.3 is 0 Å². The molecule has 0 radical (unpaired) electrons. The first-order valence-corrected chi connectivity index (χ1v) is 11.9. The quantitative estimate of drug-likeness (QED) is 0.196. The van der Waals surface area contributed by atoms with E-state index in [0.29, 0.717) is 16.0 Å². The molecule has 1 aromatic heterocycles. The summed E-state index contributed by atoms with van der Waals surface area (Å²) in [6.45, 7) is 2.04. The lowest BCUT2D eigenvalue weighted by atomic mass is 10.1. The lowest BCUT2D eigenvalue weighted by Gasteiger charge is -2.10. The van der Waals surface area contributed by atoms with E-state index in [-0.39, 0.29) is 11.7 Å². The van der Waals surface area contributed by atoms with E-state index in [1.54, 1.807) is 6.08 Å². The molecule has 0 aliphatic rings. The Hall–Kier alpha value is -3.68. The van der Waals surface area contributed by atoms with Gasteiger partial charge in [-0.1, -0.05) is 102 Å². The molecule has 0 atom stereocenters. The summed E-state index contributed by atoms with van der Waals surface area (Å²) >= 11 is 7.45. The molecule has 0 unspecified atom stereocenters. The van der Waals surface area contributed by atoms with Gasteiger partial charge in [0, 0.05) is 11.3 Å². The molecule has 0 spiro atoms. The molecule has 3 aromatic carbocycles. The van der Waals surface area contributed by atoms with Crippen molar-refractivity contribution in [2.45, 2.75) is 12.1 Å². The highest BCUT2D eigenvalue weighted by atomic mass is 35.5. The van der Waals surface area contributed by atoms with Crippen LogP contribution in [0.25, 0.3) is 23.2 Å². The van der Waals surface area contributed by atoms with Crippen molar-refractivity contribution < 1.29 is 4.79 Å². The fraction of sp³-hybridized carbons (Fsp3) is 0.0769. The van der Waals surface area contributed by atoms with Gasteiger partial charge in [-0.05, 0) is 30.7 Å². The maximum absolute atomic E-state index is 12.4. The number of rotatable bonds is 8. The van der Waals surface area contributed by atoms with Crippen LogP contribution >= 0.6 is 23.4 Å². The van der Waals surface area contributed by atoms with Crippen molar-refractivity contribution in [1.82, 2.24) is 20.2 Å². The molecule has 4 rings (SSSR count). The molecule has 8 heteroatoms. The third-order valence-corrected chi connectivity index (χ3v) is 5.91. The van der Waals surface area contributed by atoms with E-state index in [1.807, 2.05) is 96.4 Å². The minimum atomic E-state index is -0.273. The number of benzene rings is 3. The van der Waals surface area contributed by atoms with Gasteiger partial charge in [-0.15, -0.1) is 10.2 Å². The highest BCUT2D eigenvalue weighted by Crippen LogP contribution is 2.28. The van der Waals surface area contributed by atoms with Crippen LogP contribution in [0.1, 0.15) is 11.1 Å². The fourth-order valence-corrected chi connectivity index (χ4v) is 4.06. The Morgan fingerprint density at radius 1 is 1.00 bits per heavy atom. The number of amides is 1. The molecule has 34 heavy (non-hydrogen) atoms. The number of hydrogen-bond acceptors (Lipinski definition) is 5. The summed E-state index contributed by atoms with van der Waals surface area (Å²) in [5.41, 5.74) is 6.48. The number of carbonyl (C=O) groups is 1. The van der Waals surface area contributed by atoms with Gasteiger partial charge in [0.25, 0.3) is 5.91 Å². The Bertz CT molecular complexity index is 1300. The van der Waals surface area contributed by atoms with Crippen molar-refractivity contribution in [2.24, 2.45) is 5.10 Å². The lowest BCUT2D eigenvalue weighted by Crippen LogP contribution is -2.19. The number of hydrazone groups is 1. The maximum Gasteiger partial charge on any atom is 0.250 e. The highest BCUT2D eigenvalue weighted by molar-refractivity contribution is 7.99. The van der Waals surface area contributed by atoms with Gasteiger partial charge in [-0.3, -0.25) is 9.36 Å². The smallest absolute Gasteiger partial charge is 0.250 e. The number of carbonyl (C=O) groups excluding carboxylic acids is 1. The average molecular weight is 488 g/mol. The van der Waals surface area contributed by atoms with Crippen LogP contribution in [0.4, 0.5) is 0 Å². The highest BCUT2D eigenvalue weighted by Gasteiger charge is 2.17. The van der Waals surface area contributed by atoms with Crippen molar-refractivity contribution in [3.63, 3.8) is 0 Å². The number of aromatic nitrogens is 3. The first-order valence-electron chi connectivity index (χ1n) is 10.5. The molecule has 170 valence electrons. The van der Waals surface area contributed by atoms with Gasteiger partial charge in [0.05, 0.1) is 17.0 Å². The molecule has 4 aromatic rings. The first kappa shape index (κ1) is 23.5. The fourth-order valence-electron chi connectivity index (χ4n) is 3.14. The van der Waals surface area contributed by atoms with Crippen LogP contribution in [0.5, 0.6) is 0 Å². The summed E-state index contributed by atoms with van der Waals surface area (Å²) in [5.74, 6) is 0.561. The maximum atomic E-state index is 12.4. The predicted octanol–water partition coefficient (Wildman–Crippen LogP) is 5.72. The van der Waals surface area contributed by atoms with E-state index in [9.17, 15) is 4.79 Å². The molecule has 1 amide bonds. The summed E-state index contributed by atoms with van der Waals surface area (Å²) in [5, 5.41) is 13.7. The normalized spacial score (nSPS) is 11.6. The second kappa shape index (κ2) is 11.4. The second-order valence-electron chi connectivity index (χ2n) is 7.36. The average Bonchev–Trinajstić information content (AvgIpc) is 3.28. The van der Waals surface area contributed by atoms with E-state index in [2.05, 4.69) is 20.7 Å². The summed E-state index contributed by atoms with van der Waals surface area (Å²) in [6.07, 6.45) is 3.17. The predicted molar refractivity (Wildman–Crippen MR) is 139 cm³/mol. The van der Waals surface area contributed by atoms with E-state index >= 15 is 0 Å². The molecule has 0 saturated heterocycles. The Morgan fingerprint density at radius 2 is 1.68 bits per heavy atom. The summed E-state index contributed by atoms with van der Waals surface area (Å²) in [7, 11) is 0. The standard InChI is InChI=1S/C26H22ClN5OS/c1-19-12-14-21(15-13-19)25-30-31-26(32(25)23-10-6-3-7-11-23)34-18-24(33)29-28-17-22(27)16-20-8-4-2-5-9-20/h2-17H,18H2,1H3,(H,29,33)/b22-16-,28-17-. The van der Waals surface area contributed by atoms with Crippen LogP contribution < -0.4 is 5.43 Å². The van der Waals surface area contributed by atoms with Crippen LogP contribution in [0.2, 0.25) is 0 Å². The summed E-state index contributed by atoms with van der Waals surface area (Å²) in [4.78, 5) is 12.4. The zero-order valence-electron chi connectivity index (χ0n) is 18.4.